The van der Waals surface area contributed by atoms with E-state index in [2.05, 4.69) is 25.7 Å². The SMILES string of the molecule is COC(=O)C=CCCC(NC(=O)c1cncc([N+](=O)[O-])c1)C(=O)Nc1cccn(CC(=O)NC2C3CC4CC(C3)CC2C4)c1=O. The summed E-state index contributed by atoms with van der Waals surface area (Å²) in [5.74, 6) is 0.120. The summed E-state index contributed by atoms with van der Waals surface area (Å²) in [6, 6.07) is 2.88. The van der Waals surface area contributed by atoms with Crippen molar-refractivity contribution in [2.75, 3.05) is 12.4 Å². The summed E-state index contributed by atoms with van der Waals surface area (Å²) in [4.78, 5) is 78.1. The molecule has 0 spiro atoms. The average Bonchev–Trinajstić information content (AvgIpc) is 3.01. The molecule has 6 rings (SSSR count). The number of nitrogens with one attached hydrogen (secondary N) is 3. The third-order valence-electron chi connectivity index (χ3n) is 9.04. The van der Waals surface area contributed by atoms with E-state index in [1.54, 1.807) is 0 Å². The molecule has 0 saturated heterocycles. The van der Waals surface area contributed by atoms with Crippen molar-refractivity contribution in [1.82, 2.24) is 20.2 Å². The molecule has 238 valence electrons. The van der Waals surface area contributed by atoms with Gasteiger partial charge in [0.1, 0.15) is 24.5 Å². The number of nitro groups is 1. The Morgan fingerprint density at radius 1 is 1.13 bits per heavy atom. The number of methoxy groups -OCH3 is 1. The first-order valence-electron chi connectivity index (χ1n) is 15.1. The quantitative estimate of drug-likeness (QED) is 0.138. The van der Waals surface area contributed by atoms with Crippen molar-refractivity contribution in [2.24, 2.45) is 23.7 Å². The van der Waals surface area contributed by atoms with Crippen LogP contribution in [0.4, 0.5) is 11.4 Å². The Labute approximate surface area is 258 Å². The number of carbonyl (C=O) groups excluding carboxylic acids is 4. The van der Waals surface area contributed by atoms with Crippen LogP contribution in [-0.4, -0.2) is 57.4 Å². The van der Waals surface area contributed by atoms with Crippen LogP contribution in [0.15, 0.2) is 53.7 Å². The van der Waals surface area contributed by atoms with E-state index in [1.165, 1.54) is 48.6 Å². The van der Waals surface area contributed by atoms with Crippen molar-refractivity contribution in [2.45, 2.75) is 63.6 Å². The molecule has 1 atom stereocenters. The maximum atomic E-state index is 13.3. The van der Waals surface area contributed by atoms with Crippen molar-refractivity contribution >= 4 is 35.1 Å². The molecule has 4 bridgehead atoms. The van der Waals surface area contributed by atoms with Gasteiger partial charge in [-0.3, -0.25) is 34.3 Å². The lowest BCUT2D eigenvalue weighted by molar-refractivity contribution is -0.385. The largest absolute Gasteiger partial charge is 0.466 e. The smallest absolute Gasteiger partial charge is 0.330 e. The zero-order chi connectivity index (χ0) is 32.1. The minimum absolute atomic E-state index is 0.0162. The van der Waals surface area contributed by atoms with Gasteiger partial charge in [0.05, 0.1) is 17.6 Å². The third kappa shape index (κ3) is 7.62. The number of ether oxygens (including phenoxy) is 1. The van der Waals surface area contributed by atoms with Gasteiger partial charge in [0.25, 0.3) is 17.2 Å². The van der Waals surface area contributed by atoms with Crippen LogP contribution in [0.25, 0.3) is 0 Å². The van der Waals surface area contributed by atoms with Gasteiger partial charge in [-0.05, 0) is 80.8 Å². The molecular formula is C31H36N6O8. The van der Waals surface area contributed by atoms with Crippen molar-refractivity contribution in [3.05, 3.63) is 75.0 Å². The molecule has 45 heavy (non-hydrogen) atoms. The Hall–Kier alpha value is -4.88. The van der Waals surface area contributed by atoms with Crippen molar-refractivity contribution in [3.63, 3.8) is 0 Å². The minimum Gasteiger partial charge on any atom is -0.466 e. The van der Waals surface area contributed by atoms with Crippen molar-refractivity contribution in [1.29, 1.82) is 0 Å². The van der Waals surface area contributed by atoms with E-state index < -0.39 is 40.0 Å². The number of rotatable bonds is 12. The minimum atomic E-state index is -1.20. The van der Waals surface area contributed by atoms with Crippen molar-refractivity contribution in [3.8, 4) is 0 Å². The first-order chi connectivity index (χ1) is 21.6. The molecular weight excluding hydrogens is 584 g/mol. The lowest BCUT2D eigenvalue weighted by Crippen LogP contribution is -2.56. The summed E-state index contributed by atoms with van der Waals surface area (Å²) in [6.45, 7) is -0.205. The molecule has 3 N–H and O–H groups in total. The van der Waals surface area contributed by atoms with Crippen LogP contribution < -0.4 is 21.5 Å². The molecule has 0 radical (unpaired) electrons. The number of pyridine rings is 2. The standard InChI is InChI=1S/C31H36N6O8/c1-45-27(39)7-3-2-5-24(33-29(40)22-14-23(37(43)44)16-32-15-22)30(41)34-25-6-4-8-36(31(25)42)17-26(38)35-28-20-10-18-9-19(12-20)13-21(28)11-18/h3-4,6-8,14-16,18-21,24,28H,2,5,9-13,17H2,1H3,(H,33,40)(H,34,41)(H,35,38). The Morgan fingerprint density at radius 3 is 2.51 bits per heavy atom. The average molecular weight is 621 g/mol. The van der Waals surface area contributed by atoms with Gasteiger partial charge in [-0.15, -0.1) is 0 Å². The van der Waals surface area contributed by atoms with Gasteiger partial charge in [-0.2, -0.15) is 0 Å². The van der Waals surface area contributed by atoms with E-state index in [0.29, 0.717) is 11.8 Å². The Bertz CT molecular complexity index is 1540. The Morgan fingerprint density at radius 2 is 1.84 bits per heavy atom. The van der Waals surface area contributed by atoms with Crippen LogP contribution in [0, 0.1) is 33.8 Å². The van der Waals surface area contributed by atoms with Crippen LogP contribution in [0.5, 0.6) is 0 Å². The number of amides is 3. The molecule has 3 amide bonds. The second-order valence-electron chi connectivity index (χ2n) is 12.1. The van der Waals surface area contributed by atoms with Gasteiger partial charge in [0.15, 0.2) is 0 Å². The summed E-state index contributed by atoms with van der Waals surface area (Å²) in [6.07, 6.45) is 12.3. The fraction of sp³-hybridized carbons (Fsp3) is 0.484. The van der Waals surface area contributed by atoms with E-state index in [1.807, 2.05) is 0 Å². The molecule has 4 aliphatic rings. The molecule has 14 heteroatoms. The summed E-state index contributed by atoms with van der Waals surface area (Å²) in [7, 11) is 1.22. The number of esters is 1. The molecule has 2 aromatic rings. The van der Waals surface area contributed by atoms with Crippen LogP contribution in [-0.2, 0) is 25.7 Å². The highest BCUT2D eigenvalue weighted by Crippen LogP contribution is 2.53. The number of carbonyl (C=O) groups is 4. The monoisotopic (exact) mass is 620 g/mol. The Kier molecular flexibility index (Phi) is 9.69. The predicted molar refractivity (Wildman–Crippen MR) is 161 cm³/mol. The summed E-state index contributed by atoms with van der Waals surface area (Å²) >= 11 is 0. The van der Waals surface area contributed by atoms with E-state index >= 15 is 0 Å². The van der Waals surface area contributed by atoms with Gasteiger partial charge in [-0.25, -0.2) is 4.79 Å². The number of nitrogens with zero attached hydrogens (tertiary/aromatic N) is 3. The van der Waals surface area contributed by atoms with Gasteiger partial charge in [0, 0.05) is 30.6 Å². The fourth-order valence-corrected chi connectivity index (χ4v) is 7.20. The number of allylic oxidation sites excluding steroid dienone is 1. The van der Waals surface area contributed by atoms with E-state index in [4.69, 9.17) is 0 Å². The maximum Gasteiger partial charge on any atom is 0.330 e. The molecule has 14 nitrogen and oxygen atoms in total. The molecule has 2 heterocycles. The number of hydrogen-bond acceptors (Lipinski definition) is 9. The van der Waals surface area contributed by atoms with Crippen LogP contribution >= 0.6 is 0 Å². The molecule has 4 saturated carbocycles. The van der Waals surface area contributed by atoms with Crippen LogP contribution in [0.1, 0.15) is 55.3 Å². The third-order valence-corrected chi connectivity index (χ3v) is 9.04. The second kappa shape index (κ2) is 13.8. The molecule has 1 unspecified atom stereocenters. The fourth-order valence-electron chi connectivity index (χ4n) is 7.20. The lowest BCUT2D eigenvalue weighted by atomic mass is 9.54. The van der Waals surface area contributed by atoms with E-state index in [-0.39, 0.29) is 42.6 Å². The highest BCUT2D eigenvalue weighted by atomic mass is 16.6. The van der Waals surface area contributed by atoms with Crippen LogP contribution in [0.2, 0.25) is 0 Å². The molecule has 0 aliphatic heterocycles. The summed E-state index contributed by atoms with van der Waals surface area (Å²) < 4.78 is 5.78. The van der Waals surface area contributed by atoms with E-state index in [9.17, 15) is 34.1 Å². The topological polar surface area (TPSA) is 192 Å². The highest BCUT2D eigenvalue weighted by molar-refractivity contribution is 6.01. The van der Waals surface area contributed by atoms with Gasteiger partial charge < -0.3 is 25.3 Å². The summed E-state index contributed by atoms with van der Waals surface area (Å²) in [5, 5.41) is 19.4. The number of aromatic nitrogens is 2. The first kappa shape index (κ1) is 31.5. The van der Waals surface area contributed by atoms with Gasteiger partial charge in [0.2, 0.25) is 11.8 Å². The molecule has 4 fully saturated rings. The maximum absolute atomic E-state index is 13.3. The first-order valence-corrected chi connectivity index (χ1v) is 15.1. The number of anilines is 1. The summed E-state index contributed by atoms with van der Waals surface area (Å²) in [5.41, 5.74) is -1.22. The van der Waals surface area contributed by atoms with Gasteiger partial charge in [-0.1, -0.05) is 6.08 Å². The van der Waals surface area contributed by atoms with E-state index in [0.717, 1.165) is 56.0 Å². The zero-order valence-corrected chi connectivity index (χ0v) is 24.8. The number of hydrogen-bond donors (Lipinski definition) is 3. The predicted octanol–water partition coefficient (Wildman–Crippen LogP) is 2.34. The lowest BCUT2D eigenvalue weighted by Gasteiger charge is -2.54. The zero-order valence-electron chi connectivity index (χ0n) is 24.8. The Balaban J connectivity index is 1.25. The molecule has 0 aromatic carbocycles. The molecule has 4 aliphatic carbocycles. The van der Waals surface area contributed by atoms with Crippen LogP contribution in [0.3, 0.4) is 0 Å². The van der Waals surface area contributed by atoms with Crippen molar-refractivity contribution < 1.29 is 28.8 Å². The molecule has 2 aromatic heterocycles. The highest BCUT2D eigenvalue weighted by Gasteiger charge is 2.48. The second-order valence-corrected chi connectivity index (χ2v) is 12.1. The van der Waals surface area contributed by atoms with Gasteiger partial charge >= 0.3 is 5.97 Å². The normalized spacial score (nSPS) is 23.7.